The van der Waals surface area contributed by atoms with Crippen LogP contribution in [0.3, 0.4) is 0 Å². The molecule has 5 heteroatoms. The highest BCUT2D eigenvalue weighted by molar-refractivity contribution is 7.92. The van der Waals surface area contributed by atoms with E-state index in [0.717, 1.165) is 11.6 Å². The molecule has 18 heavy (non-hydrogen) atoms. The molecule has 3 nitrogen and oxygen atoms in total. The van der Waals surface area contributed by atoms with Gasteiger partial charge in [-0.1, -0.05) is 18.2 Å². The number of sulfonamides is 1. The monoisotopic (exact) mass is 265 g/mol. The van der Waals surface area contributed by atoms with E-state index in [2.05, 4.69) is 4.72 Å². The second-order valence-corrected chi connectivity index (χ2v) is 5.61. The van der Waals surface area contributed by atoms with Gasteiger partial charge in [-0.15, -0.1) is 0 Å². The van der Waals surface area contributed by atoms with E-state index in [0.29, 0.717) is 5.69 Å². The second-order valence-electron chi connectivity index (χ2n) is 3.93. The maximum absolute atomic E-state index is 13.0. The van der Waals surface area contributed by atoms with Gasteiger partial charge in [-0.2, -0.15) is 0 Å². The van der Waals surface area contributed by atoms with Crippen LogP contribution in [-0.4, -0.2) is 8.42 Å². The van der Waals surface area contributed by atoms with Crippen LogP contribution < -0.4 is 4.72 Å². The molecule has 1 N–H and O–H groups in total. The average Bonchev–Trinajstić information content (AvgIpc) is 2.28. The van der Waals surface area contributed by atoms with E-state index < -0.39 is 15.8 Å². The third-order valence-electron chi connectivity index (χ3n) is 2.38. The van der Waals surface area contributed by atoms with Crippen molar-refractivity contribution in [1.82, 2.24) is 0 Å². The Hall–Kier alpha value is -1.88. The zero-order chi connectivity index (χ0) is 13.2. The van der Waals surface area contributed by atoms with Crippen LogP contribution in [0.25, 0.3) is 0 Å². The Morgan fingerprint density at radius 1 is 1.06 bits per heavy atom. The van der Waals surface area contributed by atoms with Crippen molar-refractivity contribution in [3.63, 3.8) is 0 Å². The minimum Gasteiger partial charge on any atom is -0.280 e. The molecule has 2 aromatic rings. The van der Waals surface area contributed by atoms with Crippen molar-refractivity contribution in [2.24, 2.45) is 0 Å². The molecule has 2 rings (SSSR count). The van der Waals surface area contributed by atoms with Crippen molar-refractivity contribution in [2.45, 2.75) is 11.8 Å². The SMILES string of the molecule is Cc1cccc(NS(=O)(=O)c2cccc(F)c2)c1. The number of halogens is 1. The molecule has 0 aliphatic carbocycles. The molecular weight excluding hydrogens is 253 g/mol. The first-order valence-corrected chi connectivity index (χ1v) is 6.81. The average molecular weight is 265 g/mol. The van der Waals surface area contributed by atoms with Gasteiger partial charge >= 0.3 is 0 Å². The summed E-state index contributed by atoms with van der Waals surface area (Å²) in [5.74, 6) is -0.581. The van der Waals surface area contributed by atoms with Gasteiger partial charge < -0.3 is 0 Å². The fraction of sp³-hybridized carbons (Fsp3) is 0.0769. The number of aryl methyl sites for hydroxylation is 1. The number of rotatable bonds is 3. The molecule has 0 amide bonds. The molecule has 94 valence electrons. The lowest BCUT2D eigenvalue weighted by molar-refractivity contribution is 0.595. The summed E-state index contributed by atoms with van der Waals surface area (Å²) >= 11 is 0. The van der Waals surface area contributed by atoms with Crippen LogP contribution in [0.2, 0.25) is 0 Å². The Morgan fingerprint density at radius 3 is 2.44 bits per heavy atom. The number of nitrogens with one attached hydrogen (secondary N) is 1. The van der Waals surface area contributed by atoms with Crippen molar-refractivity contribution in [2.75, 3.05) is 4.72 Å². The van der Waals surface area contributed by atoms with Crippen LogP contribution >= 0.6 is 0 Å². The zero-order valence-electron chi connectivity index (χ0n) is 9.72. The van der Waals surface area contributed by atoms with Gasteiger partial charge in [0.2, 0.25) is 0 Å². The first kappa shape index (κ1) is 12.6. The molecule has 0 bridgehead atoms. The van der Waals surface area contributed by atoms with Gasteiger partial charge in [-0.05, 0) is 42.8 Å². The van der Waals surface area contributed by atoms with Gasteiger partial charge in [-0.3, -0.25) is 4.72 Å². The van der Waals surface area contributed by atoms with E-state index in [1.54, 1.807) is 18.2 Å². The van der Waals surface area contributed by atoms with Crippen LogP contribution in [0.5, 0.6) is 0 Å². The predicted octanol–water partition coefficient (Wildman–Crippen LogP) is 2.93. The highest BCUT2D eigenvalue weighted by atomic mass is 32.2. The van der Waals surface area contributed by atoms with Crippen molar-refractivity contribution >= 4 is 15.7 Å². The van der Waals surface area contributed by atoms with Gasteiger partial charge in [0.15, 0.2) is 0 Å². The first-order valence-electron chi connectivity index (χ1n) is 5.32. The molecule has 0 aliphatic heterocycles. The summed E-state index contributed by atoms with van der Waals surface area (Å²) < 4.78 is 39.4. The molecule has 0 heterocycles. The zero-order valence-corrected chi connectivity index (χ0v) is 10.5. The van der Waals surface area contributed by atoms with Gasteiger partial charge in [0.1, 0.15) is 5.82 Å². The lowest BCUT2D eigenvalue weighted by Gasteiger charge is -2.08. The molecule has 0 saturated carbocycles. The Morgan fingerprint density at radius 2 is 1.78 bits per heavy atom. The Labute approximate surface area is 105 Å². The lowest BCUT2D eigenvalue weighted by atomic mass is 10.2. The molecule has 0 atom stereocenters. The Bertz CT molecular complexity index is 668. The number of benzene rings is 2. The summed E-state index contributed by atoms with van der Waals surface area (Å²) in [5.41, 5.74) is 1.40. The highest BCUT2D eigenvalue weighted by Gasteiger charge is 2.14. The van der Waals surface area contributed by atoms with Gasteiger partial charge in [0, 0.05) is 5.69 Å². The van der Waals surface area contributed by atoms with E-state index >= 15 is 0 Å². The predicted molar refractivity (Wildman–Crippen MR) is 68.4 cm³/mol. The molecule has 0 aromatic heterocycles. The van der Waals surface area contributed by atoms with Crippen molar-refractivity contribution in [1.29, 1.82) is 0 Å². The standard InChI is InChI=1S/C13H12FNO2S/c1-10-4-2-6-12(8-10)15-18(16,17)13-7-3-5-11(14)9-13/h2-9,15H,1H3. The van der Waals surface area contributed by atoms with Gasteiger partial charge in [0.25, 0.3) is 10.0 Å². The molecule has 0 saturated heterocycles. The molecule has 0 radical (unpaired) electrons. The maximum Gasteiger partial charge on any atom is 0.261 e. The molecule has 0 aliphatic rings. The third kappa shape index (κ3) is 2.87. The molecular formula is C13H12FNO2S. The third-order valence-corrected chi connectivity index (χ3v) is 3.76. The van der Waals surface area contributed by atoms with Gasteiger partial charge in [0.05, 0.1) is 4.90 Å². The van der Waals surface area contributed by atoms with E-state index in [-0.39, 0.29) is 4.90 Å². The van der Waals surface area contributed by atoms with Crippen LogP contribution in [0, 0.1) is 12.7 Å². The summed E-state index contributed by atoms with van der Waals surface area (Å²) in [5, 5.41) is 0. The van der Waals surface area contributed by atoms with E-state index in [1.165, 1.54) is 18.2 Å². The smallest absolute Gasteiger partial charge is 0.261 e. The van der Waals surface area contributed by atoms with Gasteiger partial charge in [-0.25, -0.2) is 12.8 Å². The minimum absolute atomic E-state index is 0.0935. The van der Waals surface area contributed by atoms with E-state index in [1.807, 2.05) is 13.0 Å². The van der Waals surface area contributed by atoms with Crippen LogP contribution in [0.15, 0.2) is 53.4 Å². The van der Waals surface area contributed by atoms with Crippen molar-refractivity contribution in [3.8, 4) is 0 Å². The second kappa shape index (κ2) is 4.78. The van der Waals surface area contributed by atoms with Crippen LogP contribution in [0.4, 0.5) is 10.1 Å². The van der Waals surface area contributed by atoms with Crippen LogP contribution in [0.1, 0.15) is 5.56 Å². The van der Waals surface area contributed by atoms with Crippen LogP contribution in [-0.2, 0) is 10.0 Å². The largest absolute Gasteiger partial charge is 0.280 e. The Balaban J connectivity index is 2.33. The first-order chi connectivity index (χ1) is 8.47. The maximum atomic E-state index is 13.0. The topological polar surface area (TPSA) is 46.2 Å². The summed E-state index contributed by atoms with van der Waals surface area (Å²) in [7, 11) is -3.74. The van der Waals surface area contributed by atoms with Crippen molar-refractivity contribution < 1.29 is 12.8 Å². The summed E-state index contributed by atoms with van der Waals surface area (Å²) in [4.78, 5) is -0.0935. The minimum atomic E-state index is -3.74. The summed E-state index contributed by atoms with van der Waals surface area (Å²) in [6.07, 6.45) is 0. The molecule has 0 fully saturated rings. The molecule has 0 unspecified atom stereocenters. The van der Waals surface area contributed by atoms with E-state index in [4.69, 9.17) is 0 Å². The number of anilines is 1. The molecule has 2 aromatic carbocycles. The quantitative estimate of drug-likeness (QED) is 0.927. The highest BCUT2D eigenvalue weighted by Crippen LogP contribution is 2.17. The number of hydrogen-bond acceptors (Lipinski definition) is 2. The fourth-order valence-corrected chi connectivity index (χ4v) is 2.64. The normalized spacial score (nSPS) is 11.2. The van der Waals surface area contributed by atoms with Crippen molar-refractivity contribution in [3.05, 3.63) is 59.9 Å². The lowest BCUT2D eigenvalue weighted by Crippen LogP contribution is -2.13. The Kier molecular flexibility index (Phi) is 3.34. The van der Waals surface area contributed by atoms with E-state index in [9.17, 15) is 12.8 Å². The summed E-state index contributed by atoms with van der Waals surface area (Å²) in [6.45, 7) is 1.86. The fourth-order valence-electron chi connectivity index (χ4n) is 1.56. The number of hydrogen-bond donors (Lipinski definition) is 1. The summed E-state index contributed by atoms with van der Waals surface area (Å²) in [6, 6.07) is 11.9. The molecule has 0 spiro atoms.